The number of hydrogen-bond donors (Lipinski definition) is 0. The van der Waals surface area contributed by atoms with Gasteiger partial charge in [0.1, 0.15) is 6.61 Å². The van der Waals surface area contributed by atoms with Crippen LogP contribution in [0.25, 0.3) is 0 Å². The van der Waals surface area contributed by atoms with E-state index in [-0.39, 0.29) is 19.3 Å². The minimum absolute atomic E-state index is 0.000546. The number of carbonyl (C=O) groups is 2. The Balaban J connectivity index is 1.67. The van der Waals surface area contributed by atoms with Gasteiger partial charge in [0, 0.05) is 5.56 Å². The molecule has 0 saturated carbocycles. The summed E-state index contributed by atoms with van der Waals surface area (Å²) >= 11 is 0. The average Bonchev–Trinajstić information content (AvgIpc) is 3.03. The van der Waals surface area contributed by atoms with Crippen molar-refractivity contribution in [1.29, 1.82) is 0 Å². The quantitative estimate of drug-likeness (QED) is 0.0484. The van der Waals surface area contributed by atoms with Crippen molar-refractivity contribution < 1.29 is 61.7 Å². The maximum Gasteiger partial charge on any atom is 0.379 e. The standard InChI is InChI=1S/C31H52O13/c1-28(2)43-26-24-41-22-20-39-18-16-37-14-12-35-10-8-34-9-11-36-13-15-38-17-19-40-21-23-42-25-27-44-31(33)30(32)29-6-4-3-5-7-29/h3-7,28H,8-27H2,1-2H3. The third kappa shape index (κ3) is 26.4. The highest BCUT2D eigenvalue weighted by Crippen LogP contribution is 2.01. The molecule has 0 aliphatic carbocycles. The van der Waals surface area contributed by atoms with Crippen LogP contribution in [-0.4, -0.2) is 150 Å². The van der Waals surface area contributed by atoms with Crippen molar-refractivity contribution in [3.63, 3.8) is 0 Å². The zero-order valence-corrected chi connectivity index (χ0v) is 26.4. The van der Waals surface area contributed by atoms with Crippen molar-refractivity contribution in [2.75, 3.05) is 132 Å². The molecule has 1 rings (SSSR count). The molecule has 0 unspecified atom stereocenters. The largest absolute Gasteiger partial charge is 0.457 e. The lowest BCUT2D eigenvalue weighted by Crippen LogP contribution is -2.20. The summed E-state index contributed by atoms with van der Waals surface area (Å²) in [5, 5.41) is 0. The first-order valence-electron chi connectivity index (χ1n) is 15.2. The van der Waals surface area contributed by atoms with Crippen LogP contribution in [0.5, 0.6) is 0 Å². The van der Waals surface area contributed by atoms with Gasteiger partial charge in [-0.25, -0.2) is 4.79 Å². The van der Waals surface area contributed by atoms with E-state index in [2.05, 4.69) is 0 Å². The Morgan fingerprint density at radius 1 is 0.455 bits per heavy atom. The van der Waals surface area contributed by atoms with Crippen molar-refractivity contribution in [3.8, 4) is 0 Å². The summed E-state index contributed by atoms with van der Waals surface area (Å²) in [4.78, 5) is 23.6. The second-order valence-electron chi connectivity index (χ2n) is 9.26. The molecule has 0 atom stereocenters. The van der Waals surface area contributed by atoms with Gasteiger partial charge in [0.15, 0.2) is 0 Å². The van der Waals surface area contributed by atoms with Gasteiger partial charge in [-0.05, 0) is 13.8 Å². The second kappa shape index (κ2) is 31.0. The fourth-order valence-corrected chi connectivity index (χ4v) is 3.17. The Kier molecular flexibility index (Phi) is 28.1. The van der Waals surface area contributed by atoms with E-state index in [0.717, 1.165) is 0 Å². The number of ether oxygens (including phenoxy) is 11. The summed E-state index contributed by atoms with van der Waals surface area (Å²) in [5.74, 6) is -1.57. The minimum atomic E-state index is -0.896. The zero-order valence-electron chi connectivity index (χ0n) is 26.4. The van der Waals surface area contributed by atoms with E-state index in [0.29, 0.717) is 124 Å². The molecule has 1 aromatic rings. The predicted molar refractivity (Wildman–Crippen MR) is 160 cm³/mol. The molecule has 13 nitrogen and oxygen atoms in total. The third-order valence-electron chi connectivity index (χ3n) is 5.34. The van der Waals surface area contributed by atoms with Gasteiger partial charge >= 0.3 is 5.97 Å². The molecule has 0 aromatic heterocycles. The fourth-order valence-electron chi connectivity index (χ4n) is 3.17. The topological polar surface area (TPSA) is 136 Å². The van der Waals surface area contributed by atoms with Crippen LogP contribution in [-0.2, 0) is 56.9 Å². The predicted octanol–water partition coefficient (Wildman–Crippen LogP) is 1.99. The molecule has 0 aliphatic heterocycles. The smallest absolute Gasteiger partial charge is 0.379 e. The first-order chi connectivity index (χ1) is 21.6. The molecule has 254 valence electrons. The Labute approximate surface area is 261 Å². The van der Waals surface area contributed by atoms with Crippen molar-refractivity contribution >= 4 is 11.8 Å². The molecule has 0 bridgehead atoms. The summed E-state index contributed by atoms with van der Waals surface area (Å²) < 4.78 is 59.1. The normalized spacial score (nSPS) is 11.3. The SMILES string of the molecule is CC(C)OCCOCCOCCOCCOCCOCCOCCOCCOCCOCCOC(=O)C(=O)c1ccccc1. The average molecular weight is 633 g/mol. The van der Waals surface area contributed by atoms with Crippen LogP contribution < -0.4 is 0 Å². The lowest BCUT2D eigenvalue weighted by atomic mass is 10.1. The third-order valence-corrected chi connectivity index (χ3v) is 5.34. The number of benzene rings is 1. The van der Waals surface area contributed by atoms with Crippen molar-refractivity contribution in [2.24, 2.45) is 0 Å². The van der Waals surface area contributed by atoms with Crippen LogP contribution in [0.1, 0.15) is 24.2 Å². The highest BCUT2D eigenvalue weighted by Gasteiger charge is 2.17. The Morgan fingerprint density at radius 3 is 1.07 bits per heavy atom. The highest BCUT2D eigenvalue weighted by molar-refractivity contribution is 6.40. The van der Waals surface area contributed by atoms with Crippen LogP contribution in [0.4, 0.5) is 0 Å². The molecule has 0 aliphatic rings. The number of rotatable bonds is 33. The fraction of sp³-hybridized carbons (Fsp3) is 0.742. The zero-order chi connectivity index (χ0) is 31.8. The maximum atomic E-state index is 11.9. The summed E-state index contributed by atoms with van der Waals surface area (Å²) in [5.41, 5.74) is 0.297. The minimum Gasteiger partial charge on any atom is -0.457 e. The number of hydrogen-bond acceptors (Lipinski definition) is 13. The van der Waals surface area contributed by atoms with Crippen LogP contribution in [0.3, 0.4) is 0 Å². The number of Topliss-reactive ketones (excluding diaryl/α,β-unsaturated/α-hetero) is 1. The number of ketones is 1. The van der Waals surface area contributed by atoms with E-state index in [1.807, 2.05) is 13.8 Å². The van der Waals surface area contributed by atoms with Gasteiger partial charge in [0.05, 0.1) is 132 Å². The molecule has 44 heavy (non-hydrogen) atoms. The lowest BCUT2D eigenvalue weighted by molar-refractivity contribution is -0.139. The van der Waals surface area contributed by atoms with Gasteiger partial charge in [-0.3, -0.25) is 4.79 Å². The van der Waals surface area contributed by atoms with Gasteiger partial charge in [-0.15, -0.1) is 0 Å². The van der Waals surface area contributed by atoms with E-state index in [1.165, 1.54) is 0 Å². The Hall–Kier alpha value is -2.04. The summed E-state index contributed by atoms with van der Waals surface area (Å²) in [6, 6.07) is 8.26. The van der Waals surface area contributed by atoms with Crippen LogP contribution >= 0.6 is 0 Å². The number of carbonyl (C=O) groups excluding carboxylic acids is 2. The van der Waals surface area contributed by atoms with E-state index in [9.17, 15) is 9.59 Å². The maximum absolute atomic E-state index is 11.9. The molecule has 0 N–H and O–H groups in total. The van der Waals surface area contributed by atoms with Crippen LogP contribution in [0.2, 0.25) is 0 Å². The van der Waals surface area contributed by atoms with Gasteiger partial charge in [0.2, 0.25) is 0 Å². The van der Waals surface area contributed by atoms with Crippen molar-refractivity contribution in [1.82, 2.24) is 0 Å². The van der Waals surface area contributed by atoms with Crippen LogP contribution in [0.15, 0.2) is 30.3 Å². The second-order valence-corrected chi connectivity index (χ2v) is 9.26. The van der Waals surface area contributed by atoms with E-state index >= 15 is 0 Å². The van der Waals surface area contributed by atoms with E-state index in [4.69, 9.17) is 52.1 Å². The molecule has 0 radical (unpaired) electrons. The molecule has 0 saturated heterocycles. The van der Waals surface area contributed by atoms with Crippen molar-refractivity contribution in [3.05, 3.63) is 35.9 Å². The Bertz CT molecular complexity index is 779. The van der Waals surface area contributed by atoms with Crippen molar-refractivity contribution in [2.45, 2.75) is 20.0 Å². The van der Waals surface area contributed by atoms with Gasteiger partial charge in [-0.1, -0.05) is 30.3 Å². The summed E-state index contributed by atoms with van der Waals surface area (Å²) in [6.45, 7) is 12.9. The van der Waals surface area contributed by atoms with E-state index in [1.54, 1.807) is 30.3 Å². The first-order valence-corrected chi connectivity index (χ1v) is 15.2. The molecule has 1 aromatic carbocycles. The highest BCUT2D eigenvalue weighted by atomic mass is 16.6. The molecule has 0 heterocycles. The molecule has 0 amide bonds. The molecular formula is C31H52O13. The number of esters is 1. The molecule has 0 fully saturated rings. The van der Waals surface area contributed by atoms with E-state index < -0.39 is 11.8 Å². The summed E-state index contributed by atoms with van der Waals surface area (Å²) in [7, 11) is 0. The molecule has 13 heteroatoms. The molecular weight excluding hydrogens is 580 g/mol. The van der Waals surface area contributed by atoms with Crippen LogP contribution in [0, 0.1) is 0 Å². The molecule has 0 spiro atoms. The van der Waals surface area contributed by atoms with Gasteiger partial charge < -0.3 is 52.1 Å². The Morgan fingerprint density at radius 2 is 0.750 bits per heavy atom. The van der Waals surface area contributed by atoms with Gasteiger partial charge in [-0.2, -0.15) is 0 Å². The lowest BCUT2D eigenvalue weighted by Gasteiger charge is -2.09. The first kappa shape index (κ1) is 40.0. The monoisotopic (exact) mass is 632 g/mol. The summed E-state index contributed by atoms with van der Waals surface area (Å²) in [6.07, 6.45) is 0.224. The van der Waals surface area contributed by atoms with Gasteiger partial charge in [0.25, 0.3) is 5.78 Å².